The molecule has 1 saturated heterocycles. The molecule has 1 aromatic carbocycles. The SMILES string of the molecule is Cl.O=C(Nc1ccc2oc(=O)ccc2c1)C1CCNC1. The van der Waals surface area contributed by atoms with Gasteiger partial charge in [-0.1, -0.05) is 0 Å². The molecule has 1 fully saturated rings. The van der Waals surface area contributed by atoms with Crippen molar-refractivity contribution in [2.45, 2.75) is 6.42 Å². The topological polar surface area (TPSA) is 71.3 Å². The maximum Gasteiger partial charge on any atom is 0.336 e. The van der Waals surface area contributed by atoms with Crippen LogP contribution >= 0.6 is 12.4 Å². The molecule has 1 unspecified atom stereocenters. The summed E-state index contributed by atoms with van der Waals surface area (Å²) in [6.45, 7) is 1.62. The predicted molar refractivity (Wildman–Crippen MR) is 79.3 cm³/mol. The van der Waals surface area contributed by atoms with Crippen molar-refractivity contribution in [3.05, 3.63) is 40.8 Å². The van der Waals surface area contributed by atoms with Gasteiger partial charge >= 0.3 is 5.63 Å². The third kappa shape index (κ3) is 3.00. The molecule has 0 saturated carbocycles. The van der Waals surface area contributed by atoms with Crippen LogP contribution in [-0.4, -0.2) is 19.0 Å². The summed E-state index contributed by atoms with van der Waals surface area (Å²) in [6.07, 6.45) is 0.869. The van der Waals surface area contributed by atoms with E-state index in [9.17, 15) is 9.59 Å². The van der Waals surface area contributed by atoms with Crippen LogP contribution in [0, 0.1) is 5.92 Å². The predicted octanol–water partition coefficient (Wildman–Crippen LogP) is 1.76. The average Bonchev–Trinajstić information content (AvgIpc) is 2.93. The molecule has 1 aromatic heterocycles. The van der Waals surface area contributed by atoms with Crippen LogP contribution in [-0.2, 0) is 4.79 Å². The highest BCUT2D eigenvalue weighted by Crippen LogP contribution is 2.19. The van der Waals surface area contributed by atoms with Crippen molar-refractivity contribution < 1.29 is 9.21 Å². The van der Waals surface area contributed by atoms with Crippen LogP contribution in [0.3, 0.4) is 0 Å². The minimum atomic E-state index is -0.374. The largest absolute Gasteiger partial charge is 0.423 e. The maximum atomic E-state index is 12.0. The molecule has 1 aliphatic rings. The highest BCUT2D eigenvalue weighted by molar-refractivity contribution is 5.95. The second-order valence-corrected chi connectivity index (χ2v) is 4.69. The van der Waals surface area contributed by atoms with Gasteiger partial charge in [-0.25, -0.2) is 4.79 Å². The molecule has 2 aromatic rings. The van der Waals surface area contributed by atoms with Crippen LogP contribution < -0.4 is 16.3 Å². The number of carbonyl (C=O) groups is 1. The van der Waals surface area contributed by atoms with Crippen molar-refractivity contribution >= 4 is 35.0 Å². The van der Waals surface area contributed by atoms with E-state index < -0.39 is 0 Å². The molecule has 0 aliphatic carbocycles. The van der Waals surface area contributed by atoms with E-state index in [1.165, 1.54) is 6.07 Å². The lowest BCUT2D eigenvalue weighted by molar-refractivity contribution is -0.119. The van der Waals surface area contributed by atoms with E-state index in [2.05, 4.69) is 10.6 Å². The maximum absolute atomic E-state index is 12.0. The van der Waals surface area contributed by atoms with E-state index in [1.807, 2.05) is 0 Å². The summed E-state index contributed by atoms with van der Waals surface area (Å²) in [4.78, 5) is 23.1. The number of anilines is 1. The first-order chi connectivity index (χ1) is 9.22. The summed E-state index contributed by atoms with van der Waals surface area (Å²) in [6, 6.07) is 8.30. The summed E-state index contributed by atoms with van der Waals surface area (Å²) in [5.74, 6) is 0.0612. The molecule has 1 amide bonds. The van der Waals surface area contributed by atoms with Crippen molar-refractivity contribution in [1.82, 2.24) is 5.32 Å². The molecule has 3 rings (SSSR count). The number of carbonyl (C=O) groups excluding carboxylic acids is 1. The van der Waals surface area contributed by atoms with Gasteiger partial charge in [0.25, 0.3) is 0 Å². The van der Waals surface area contributed by atoms with E-state index in [0.717, 1.165) is 30.6 Å². The first kappa shape index (κ1) is 14.6. The highest BCUT2D eigenvalue weighted by Gasteiger charge is 2.22. The Morgan fingerprint density at radius 3 is 2.90 bits per heavy atom. The lowest BCUT2D eigenvalue weighted by atomic mass is 10.1. The molecule has 1 aliphatic heterocycles. The number of fused-ring (bicyclic) bond motifs is 1. The van der Waals surface area contributed by atoms with Crippen molar-refractivity contribution in [3.63, 3.8) is 0 Å². The van der Waals surface area contributed by atoms with E-state index in [0.29, 0.717) is 5.58 Å². The number of rotatable bonds is 2. The summed E-state index contributed by atoms with van der Waals surface area (Å²) in [5, 5.41) is 6.85. The monoisotopic (exact) mass is 294 g/mol. The zero-order valence-electron chi connectivity index (χ0n) is 10.7. The first-order valence-corrected chi connectivity index (χ1v) is 6.28. The Labute approximate surface area is 121 Å². The van der Waals surface area contributed by atoms with E-state index in [4.69, 9.17) is 4.42 Å². The molecule has 2 N–H and O–H groups in total. The van der Waals surface area contributed by atoms with Gasteiger partial charge in [0.2, 0.25) is 5.91 Å². The fourth-order valence-electron chi connectivity index (χ4n) is 2.27. The summed E-state index contributed by atoms with van der Waals surface area (Å²) in [5.41, 5.74) is 0.868. The van der Waals surface area contributed by atoms with Crippen LogP contribution in [0.1, 0.15) is 6.42 Å². The third-order valence-corrected chi connectivity index (χ3v) is 3.32. The lowest BCUT2D eigenvalue weighted by Crippen LogP contribution is -2.24. The minimum Gasteiger partial charge on any atom is -0.423 e. The number of hydrogen-bond acceptors (Lipinski definition) is 4. The van der Waals surface area contributed by atoms with E-state index >= 15 is 0 Å². The Balaban J connectivity index is 0.00000147. The summed E-state index contributed by atoms with van der Waals surface area (Å²) in [7, 11) is 0. The van der Waals surface area contributed by atoms with Gasteiger partial charge in [-0.3, -0.25) is 4.79 Å². The lowest BCUT2D eigenvalue weighted by Gasteiger charge is -2.10. The Morgan fingerprint density at radius 1 is 1.30 bits per heavy atom. The van der Waals surface area contributed by atoms with Gasteiger partial charge in [0.1, 0.15) is 5.58 Å². The number of benzene rings is 1. The molecule has 2 heterocycles. The van der Waals surface area contributed by atoms with Crippen molar-refractivity contribution in [2.24, 2.45) is 5.92 Å². The molecule has 0 spiro atoms. The Hall–Kier alpha value is -1.85. The van der Waals surface area contributed by atoms with Crippen LogP contribution in [0.25, 0.3) is 11.0 Å². The molecule has 0 radical (unpaired) electrons. The second kappa shape index (κ2) is 6.07. The second-order valence-electron chi connectivity index (χ2n) is 4.69. The van der Waals surface area contributed by atoms with Crippen molar-refractivity contribution in [1.29, 1.82) is 0 Å². The molecule has 20 heavy (non-hydrogen) atoms. The summed E-state index contributed by atoms with van der Waals surface area (Å²) >= 11 is 0. The Morgan fingerprint density at radius 2 is 2.15 bits per heavy atom. The standard InChI is InChI=1S/C14H14N2O3.ClH/c17-13-4-1-9-7-11(2-3-12(9)19-13)16-14(18)10-5-6-15-8-10;/h1-4,7,10,15H,5-6,8H2,(H,16,18);1H. The number of amides is 1. The fraction of sp³-hybridized carbons (Fsp3) is 0.286. The van der Waals surface area contributed by atoms with Crippen LogP contribution in [0.4, 0.5) is 5.69 Å². The minimum absolute atomic E-state index is 0. The molecule has 106 valence electrons. The average molecular weight is 295 g/mol. The molecule has 6 heteroatoms. The smallest absolute Gasteiger partial charge is 0.336 e. The quantitative estimate of drug-likeness (QED) is 0.828. The first-order valence-electron chi connectivity index (χ1n) is 6.28. The Kier molecular flexibility index (Phi) is 4.42. The third-order valence-electron chi connectivity index (χ3n) is 3.32. The molecular formula is C14H15ClN2O3. The molecule has 5 nitrogen and oxygen atoms in total. The van der Waals surface area contributed by atoms with Crippen molar-refractivity contribution in [3.8, 4) is 0 Å². The zero-order chi connectivity index (χ0) is 13.2. The van der Waals surface area contributed by atoms with Crippen molar-refractivity contribution in [2.75, 3.05) is 18.4 Å². The van der Waals surface area contributed by atoms with E-state index in [1.54, 1.807) is 24.3 Å². The van der Waals surface area contributed by atoms with Gasteiger partial charge in [0, 0.05) is 23.7 Å². The molecular weight excluding hydrogens is 280 g/mol. The van der Waals surface area contributed by atoms with Gasteiger partial charge in [-0.15, -0.1) is 12.4 Å². The van der Waals surface area contributed by atoms with Gasteiger partial charge in [0.05, 0.1) is 5.92 Å². The van der Waals surface area contributed by atoms with Gasteiger partial charge in [-0.05, 0) is 37.2 Å². The van der Waals surface area contributed by atoms with Gasteiger partial charge in [-0.2, -0.15) is 0 Å². The van der Waals surface area contributed by atoms with Crippen LogP contribution in [0.15, 0.2) is 39.5 Å². The highest BCUT2D eigenvalue weighted by atomic mass is 35.5. The van der Waals surface area contributed by atoms with E-state index in [-0.39, 0.29) is 29.9 Å². The Bertz CT molecular complexity index is 677. The number of halogens is 1. The van der Waals surface area contributed by atoms with Crippen LogP contribution in [0.2, 0.25) is 0 Å². The van der Waals surface area contributed by atoms with Gasteiger partial charge in [0.15, 0.2) is 0 Å². The zero-order valence-corrected chi connectivity index (χ0v) is 11.5. The van der Waals surface area contributed by atoms with Gasteiger partial charge < -0.3 is 15.1 Å². The molecule has 0 bridgehead atoms. The number of nitrogens with one attached hydrogen (secondary N) is 2. The number of hydrogen-bond donors (Lipinski definition) is 2. The van der Waals surface area contributed by atoms with Crippen LogP contribution in [0.5, 0.6) is 0 Å². The fourth-order valence-corrected chi connectivity index (χ4v) is 2.27. The summed E-state index contributed by atoms with van der Waals surface area (Å²) < 4.78 is 5.04. The normalized spacial score (nSPS) is 17.7. The molecule has 1 atom stereocenters.